The number of hydrogen-bond donors (Lipinski definition) is 3. The van der Waals surface area contributed by atoms with Gasteiger partial charge in [0, 0.05) is 49.9 Å². The van der Waals surface area contributed by atoms with Crippen LogP contribution >= 0.6 is 22.9 Å². The van der Waals surface area contributed by atoms with Crippen molar-refractivity contribution in [2.24, 2.45) is 5.10 Å². The van der Waals surface area contributed by atoms with Crippen LogP contribution in [-0.4, -0.2) is 22.1 Å². The maximum atomic E-state index is 12.5. The largest absolute Gasteiger partial charge is 0.361 e. The van der Waals surface area contributed by atoms with Gasteiger partial charge >= 0.3 is 0 Å². The molecule has 0 fully saturated rings. The molecule has 2 heterocycles. The molecule has 3 N–H and O–H groups in total. The minimum Gasteiger partial charge on any atom is -0.361 e. The number of hydrazone groups is 1. The lowest BCUT2D eigenvalue weighted by molar-refractivity contribution is 0.0955. The van der Waals surface area contributed by atoms with Crippen molar-refractivity contribution < 1.29 is 4.79 Å². The van der Waals surface area contributed by atoms with E-state index in [2.05, 4.69) is 25.8 Å². The third-order valence-electron chi connectivity index (χ3n) is 5.03. The number of H-pyrrole nitrogens is 1. The smallest absolute Gasteiger partial charge is 0.271 e. The maximum Gasteiger partial charge on any atom is 0.271 e. The van der Waals surface area contributed by atoms with Crippen molar-refractivity contribution in [2.75, 3.05) is 5.32 Å². The van der Waals surface area contributed by atoms with E-state index in [4.69, 9.17) is 11.6 Å². The van der Waals surface area contributed by atoms with Gasteiger partial charge in [-0.05, 0) is 42.5 Å². The summed E-state index contributed by atoms with van der Waals surface area (Å²) in [4.78, 5) is 20.3. The van der Waals surface area contributed by atoms with E-state index < -0.39 is 0 Å². The molecule has 0 bridgehead atoms. The summed E-state index contributed by atoms with van der Waals surface area (Å²) >= 11 is 7.44. The molecule has 6 nitrogen and oxygen atoms in total. The van der Waals surface area contributed by atoms with Crippen LogP contribution in [0.5, 0.6) is 0 Å². The number of aromatic nitrogens is 2. The van der Waals surface area contributed by atoms with E-state index in [-0.39, 0.29) is 5.91 Å². The molecular weight excluding hydrogens is 454 g/mol. The van der Waals surface area contributed by atoms with Crippen molar-refractivity contribution >= 4 is 56.8 Å². The molecule has 0 aliphatic heterocycles. The van der Waals surface area contributed by atoms with Crippen LogP contribution in [0.25, 0.3) is 22.2 Å². The zero-order valence-corrected chi connectivity index (χ0v) is 18.8. The SMILES string of the molecule is O=C(N/N=C\c1c[nH]c2ccccc12)c1ccc(-c2csc(Nc3ccc(Cl)cc3)n2)cc1. The number of halogens is 1. The topological polar surface area (TPSA) is 82.2 Å². The van der Waals surface area contributed by atoms with E-state index in [9.17, 15) is 4.79 Å². The molecule has 0 aliphatic carbocycles. The fourth-order valence-corrected chi connectivity index (χ4v) is 4.20. The fraction of sp³-hybridized carbons (Fsp3) is 0. The number of benzene rings is 3. The van der Waals surface area contributed by atoms with Crippen LogP contribution in [0.4, 0.5) is 10.8 Å². The third kappa shape index (κ3) is 4.79. The van der Waals surface area contributed by atoms with Crippen LogP contribution in [0, 0.1) is 0 Å². The number of thiazole rings is 1. The Labute approximate surface area is 199 Å². The zero-order chi connectivity index (χ0) is 22.6. The van der Waals surface area contributed by atoms with Crippen LogP contribution < -0.4 is 10.7 Å². The van der Waals surface area contributed by atoms with Crippen molar-refractivity contribution in [3.8, 4) is 11.3 Å². The molecule has 0 aliphatic rings. The highest BCUT2D eigenvalue weighted by Gasteiger charge is 2.08. The second-order valence-corrected chi connectivity index (χ2v) is 8.53. The summed E-state index contributed by atoms with van der Waals surface area (Å²) in [6, 6.07) is 22.7. The second-order valence-electron chi connectivity index (χ2n) is 7.24. The molecule has 0 saturated carbocycles. The Kier molecular flexibility index (Phi) is 5.89. The van der Waals surface area contributed by atoms with Crippen LogP contribution in [0.15, 0.2) is 89.5 Å². The summed E-state index contributed by atoms with van der Waals surface area (Å²) in [6.07, 6.45) is 3.49. The first-order chi connectivity index (χ1) is 16.2. The molecule has 33 heavy (non-hydrogen) atoms. The highest BCUT2D eigenvalue weighted by atomic mass is 35.5. The van der Waals surface area contributed by atoms with E-state index in [0.717, 1.165) is 38.5 Å². The van der Waals surface area contributed by atoms with Crippen LogP contribution in [0.3, 0.4) is 0 Å². The molecule has 8 heteroatoms. The molecule has 5 aromatic rings. The Morgan fingerprint density at radius 2 is 1.82 bits per heavy atom. The third-order valence-corrected chi connectivity index (χ3v) is 6.04. The monoisotopic (exact) mass is 471 g/mol. The van der Waals surface area contributed by atoms with Gasteiger partial charge in [0.2, 0.25) is 0 Å². The normalized spacial score (nSPS) is 11.2. The Balaban J connectivity index is 1.22. The van der Waals surface area contributed by atoms with Crippen molar-refractivity contribution in [1.29, 1.82) is 0 Å². The average molecular weight is 472 g/mol. The van der Waals surface area contributed by atoms with Crippen molar-refractivity contribution in [2.45, 2.75) is 0 Å². The van der Waals surface area contributed by atoms with Gasteiger partial charge in [-0.3, -0.25) is 4.79 Å². The number of carbonyl (C=O) groups is 1. The van der Waals surface area contributed by atoms with Crippen molar-refractivity contribution in [3.05, 3.63) is 101 Å². The van der Waals surface area contributed by atoms with Gasteiger partial charge < -0.3 is 10.3 Å². The number of hydrogen-bond acceptors (Lipinski definition) is 5. The van der Waals surface area contributed by atoms with Gasteiger partial charge in [0.25, 0.3) is 5.91 Å². The molecule has 0 saturated heterocycles. The lowest BCUT2D eigenvalue weighted by Gasteiger charge is -2.03. The number of amides is 1. The summed E-state index contributed by atoms with van der Waals surface area (Å²) in [6.45, 7) is 0. The number of fused-ring (bicyclic) bond motifs is 1. The molecule has 162 valence electrons. The van der Waals surface area contributed by atoms with Crippen LogP contribution in [-0.2, 0) is 0 Å². The van der Waals surface area contributed by atoms with E-state index in [1.54, 1.807) is 18.3 Å². The molecule has 0 unspecified atom stereocenters. The predicted molar refractivity (Wildman–Crippen MR) is 136 cm³/mol. The summed E-state index contributed by atoms with van der Waals surface area (Å²) in [5.41, 5.74) is 7.71. The highest BCUT2D eigenvalue weighted by Crippen LogP contribution is 2.28. The minimum absolute atomic E-state index is 0.277. The molecular formula is C25H18ClN5OS. The van der Waals surface area contributed by atoms with E-state index >= 15 is 0 Å². The first-order valence-electron chi connectivity index (χ1n) is 10.1. The second kappa shape index (κ2) is 9.28. The van der Waals surface area contributed by atoms with E-state index in [1.165, 1.54) is 11.3 Å². The first kappa shape index (κ1) is 20.9. The number of carbonyl (C=O) groups excluding carboxylic acids is 1. The maximum absolute atomic E-state index is 12.5. The van der Waals surface area contributed by atoms with E-state index in [0.29, 0.717) is 10.6 Å². The quantitative estimate of drug-likeness (QED) is 0.196. The summed E-state index contributed by atoms with van der Waals surface area (Å²) in [5.74, 6) is -0.277. The van der Waals surface area contributed by atoms with Gasteiger partial charge in [0.15, 0.2) is 5.13 Å². The number of para-hydroxylation sites is 1. The lowest BCUT2D eigenvalue weighted by Crippen LogP contribution is -2.17. The zero-order valence-electron chi connectivity index (χ0n) is 17.2. The molecule has 5 rings (SSSR count). The Morgan fingerprint density at radius 1 is 1.03 bits per heavy atom. The van der Waals surface area contributed by atoms with Gasteiger partial charge in [-0.1, -0.05) is 41.9 Å². The Hall–Kier alpha value is -3.94. The van der Waals surface area contributed by atoms with Gasteiger partial charge in [0.05, 0.1) is 11.9 Å². The van der Waals surface area contributed by atoms with Gasteiger partial charge in [-0.25, -0.2) is 10.4 Å². The van der Waals surface area contributed by atoms with Gasteiger partial charge in [-0.15, -0.1) is 11.3 Å². The first-order valence-corrected chi connectivity index (χ1v) is 11.4. The molecule has 0 atom stereocenters. The van der Waals surface area contributed by atoms with Gasteiger partial charge in [0.1, 0.15) is 0 Å². The average Bonchev–Trinajstić information content (AvgIpc) is 3.48. The number of aromatic amines is 1. The van der Waals surface area contributed by atoms with Crippen LogP contribution in [0.1, 0.15) is 15.9 Å². The van der Waals surface area contributed by atoms with Gasteiger partial charge in [-0.2, -0.15) is 5.10 Å². The summed E-state index contributed by atoms with van der Waals surface area (Å²) in [7, 11) is 0. The Bertz CT molecular complexity index is 1440. The van der Waals surface area contributed by atoms with Crippen molar-refractivity contribution in [3.63, 3.8) is 0 Å². The van der Waals surface area contributed by atoms with E-state index in [1.807, 2.05) is 72.2 Å². The molecule has 2 aromatic heterocycles. The summed E-state index contributed by atoms with van der Waals surface area (Å²) < 4.78 is 0. The number of nitrogens with zero attached hydrogens (tertiary/aromatic N) is 2. The fourth-order valence-electron chi connectivity index (χ4n) is 3.34. The predicted octanol–water partition coefficient (Wildman–Crippen LogP) is 6.45. The molecule has 0 spiro atoms. The number of rotatable bonds is 6. The summed E-state index contributed by atoms with van der Waals surface area (Å²) in [5, 5.41) is 11.8. The van der Waals surface area contributed by atoms with Crippen molar-refractivity contribution in [1.82, 2.24) is 15.4 Å². The lowest BCUT2D eigenvalue weighted by atomic mass is 10.1. The highest BCUT2D eigenvalue weighted by molar-refractivity contribution is 7.14. The molecule has 3 aromatic carbocycles. The Morgan fingerprint density at radius 3 is 2.64 bits per heavy atom. The number of nitrogens with one attached hydrogen (secondary N) is 3. The molecule has 0 radical (unpaired) electrons. The molecule has 1 amide bonds. The number of anilines is 2. The minimum atomic E-state index is -0.277. The van der Waals surface area contributed by atoms with Crippen LogP contribution in [0.2, 0.25) is 5.02 Å². The standard InChI is InChI=1S/C25H18ClN5OS/c26-19-9-11-20(12-10-19)29-25-30-23(15-33-25)16-5-7-17(8-6-16)24(32)31-28-14-18-13-27-22-4-2-1-3-21(18)22/h1-15,27H,(H,29,30)(H,31,32)/b28-14-.